The summed E-state index contributed by atoms with van der Waals surface area (Å²) in [7, 11) is 2.82. The molecular weight excluding hydrogens is 1920 g/mol. The Morgan fingerprint density at radius 1 is 0.466 bits per heavy atom. The lowest BCUT2D eigenvalue weighted by Crippen LogP contribution is -2.59. The molecular formula is C116H151N15O14S3. The van der Waals surface area contributed by atoms with E-state index in [4.69, 9.17) is 19.7 Å². The minimum absolute atomic E-state index is 0.0393. The van der Waals surface area contributed by atoms with Crippen LogP contribution in [0.4, 0.5) is 15.4 Å². The molecule has 2 unspecified atom stereocenters. The van der Waals surface area contributed by atoms with E-state index in [1.54, 1.807) is 97.0 Å². The first-order valence-corrected chi connectivity index (χ1v) is 54.5. The maximum absolute atomic E-state index is 14.6. The molecule has 0 fully saturated rings. The van der Waals surface area contributed by atoms with E-state index in [2.05, 4.69) is 136 Å². The summed E-state index contributed by atoms with van der Waals surface area (Å²) in [6.45, 7) is 49.4. The van der Waals surface area contributed by atoms with Gasteiger partial charge in [0.25, 0.3) is 47.3 Å². The van der Waals surface area contributed by atoms with E-state index in [1.165, 1.54) is 72.8 Å². The van der Waals surface area contributed by atoms with Crippen molar-refractivity contribution in [1.29, 1.82) is 15.8 Å². The second-order valence-electron chi connectivity index (χ2n) is 39.2. The quantitative estimate of drug-likeness (QED) is 0.0264. The summed E-state index contributed by atoms with van der Waals surface area (Å²) < 4.78 is 5.71. The van der Waals surface area contributed by atoms with Crippen molar-refractivity contribution in [3.8, 4) is 57.7 Å². The number of methoxy groups -OCH3 is 1. The van der Waals surface area contributed by atoms with Gasteiger partial charge in [-0.2, -0.15) is 40.8 Å². The number of aliphatic hydroxyl groups excluding tert-OH is 2. The third-order valence-electron chi connectivity index (χ3n) is 26.8. The maximum Gasteiger partial charge on any atom is 0.291 e. The zero-order valence-corrected chi connectivity index (χ0v) is 94.1. The first-order valence-electron chi connectivity index (χ1n) is 52.1. The monoisotopic (exact) mass is 2070 g/mol. The molecule has 148 heavy (non-hydrogen) atoms. The summed E-state index contributed by atoms with van der Waals surface area (Å²) in [4.78, 5) is 174. The van der Waals surface area contributed by atoms with Crippen molar-refractivity contribution < 1.29 is 67.7 Å². The number of nitriles is 3. The molecule has 792 valence electrons. The van der Waals surface area contributed by atoms with Crippen LogP contribution in [0.2, 0.25) is 0 Å². The van der Waals surface area contributed by atoms with Gasteiger partial charge in [-0.3, -0.25) is 52.7 Å². The van der Waals surface area contributed by atoms with Crippen LogP contribution in [0.25, 0.3) is 52.0 Å². The Kier molecular flexibility index (Phi) is 45.3. The Bertz CT molecular complexity index is 6290. The number of hydrogen-bond acceptors (Lipinski definition) is 26. The number of rotatable bonds is 44. The lowest BCUT2D eigenvalue weighted by atomic mass is 9.90. The molecule has 0 saturated carbocycles. The van der Waals surface area contributed by atoms with Gasteiger partial charge in [0.2, 0.25) is 17.7 Å². The first-order chi connectivity index (χ1) is 70.5. The number of thiazole rings is 3. The van der Waals surface area contributed by atoms with Gasteiger partial charge in [-0.1, -0.05) is 263 Å². The number of aliphatic hydroxyl groups is 2. The summed E-state index contributed by atoms with van der Waals surface area (Å²) in [5.74, 6) is -8.17. The number of carbonyl (C=O) groups excluding carboxylic acids is 11. The van der Waals surface area contributed by atoms with Crippen LogP contribution in [-0.2, 0) is 80.4 Å². The number of hydrazine groups is 3. The molecule has 0 spiro atoms. The largest absolute Gasteiger partial charge is 0.496 e. The number of anilines is 3. The normalized spacial score (nSPS) is 14.7. The number of imide groups is 5. The highest BCUT2D eigenvalue weighted by Crippen LogP contribution is 2.47. The number of ether oxygens (including phenoxy) is 1. The lowest BCUT2D eigenvalue weighted by Gasteiger charge is -2.37. The fourth-order valence-corrected chi connectivity index (χ4v) is 21.4. The van der Waals surface area contributed by atoms with E-state index >= 15 is 0 Å². The van der Waals surface area contributed by atoms with E-state index in [0.717, 1.165) is 235 Å². The Morgan fingerprint density at radius 2 is 0.838 bits per heavy atom. The molecule has 2 atom stereocenters. The topological polar surface area (TPSA) is 377 Å². The van der Waals surface area contributed by atoms with Crippen LogP contribution in [0.1, 0.15) is 318 Å². The number of carbonyl (C=O) groups is 11. The Balaban J connectivity index is 0.000000272. The molecule has 32 heteroatoms. The Hall–Kier alpha value is -13.0. The molecule has 29 nitrogen and oxygen atoms in total. The van der Waals surface area contributed by atoms with Crippen molar-refractivity contribution in [2.45, 2.75) is 301 Å². The van der Waals surface area contributed by atoms with E-state index in [-0.39, 0.29) is 68.9 Å². The minimum atomic E-state index is -1.09. The number of amides is 11. The summed E-state index contributed by atoms with van der Waals surface area (Å²) in [6, 6.07) is 25.8. The van der Waals surface area contributed by atoms with Crippen LogP contribution in [0.15, 0.2) is 117 Å². The highest BCUT2D eigenvalue weighted by atomic mass is 32.1. The minimum Gasteiger partial charge on any atom is -0.496 e. The molecule has 4 aromatic carbocycles. The number of hydrogen-bond donors (Lipinski definition) is 2. The fraction of sp³-hybridized carbons (Fsp3) is 0.491. The predicted octanol–water partition coefficient (Wildman–Crippen LogP) is 22.8. The van der Waals surface area contributed by atoms with Gasteiger partial charge < -0.3 is 29.6 Å². The molecule has 0 bridgehead atoms. The maximum atomic E-state index is 14.6. The molecule has 0 radical (unpaired) electrons. The summed E-state index contributed by atoms with van der Waals surface area (Å²) >= 11 is 4.32. The van der Waals surface area contributed by atoms with Crippen molar-refractivity contribution in [3.63, 3.8) is 0 Å². The zero-order chi connectivity index (χ0) is 110. The van der Waals surface area contributed by atoms with Crippen molar-refractivity contribution in [1.82, 2.24) is 45.0 Å². The van der Waals surface area contributed by atoms with Crippen molar-refractivity contribution in [3.05, 3.63) is 182 Å². The number of nitrogens with zero attached hydrogens (tertiary/aromatic N) is 15. The third-order valence-corrected chi connectivity index (χ3v) is 30.0. The Morgan fingerprint density at radius 3 is 1.18 bits per heavy atom. The zero-order valence-electron chi connectivity index (χ0n) is 91.6. The average Bonchev–Trinajstić information content (AvgIpc) is 0.976. The smallest absolute Gasteiger partial charge is 0.291 e. The number of aromatic nitrogens is 3. The van der Waals surface area contributed by atoms with Crippen molar-refractivity contribution >= 4 is 133 Å². The van der Waals surface area contributed by atoms with Crippen LogP contribution in [0.5, 0.6) is 5.75 Å². The molecule has 3 aliphatic heterocycles. The van der Waals surface area contributed by atoms with E-state index in [9.17, 15) is 78.7 Å². The molecule has 10 rings (SSSR count). The molecule has 3 aliphatic rings. The SMILES string of the molecule is CCCCC(CC)CN(CC(CC)CCCC)c1nc(-c2c(C)cc(C)cc2C)c(/C=C2\C(=O)N(N(C(C)=O)C(=O)c3ccccc3)C(=O)C(C#N)=C2C)s1.CCCCN(CCCC)c1nc(-c2c(CC)cc(CC)cc2CC)c(/C=C2\C(=O)N(N(C(C)=O)C(=O)C(C)(C)C)C(=O)C(C#N)=C2C)s1.CCCCN(CCCC)c1nc(-c2c(CO)cc(CO)cc2OC)c(/C=C2\C(=O)N(N(C)C(=O)C(C)C)C(=O)C(C#N)=C2C)s1. The van der Waals surface area contributed by atoms with Gasteiger partial charge in [0.05, 0.1) is 52.0 Å². The standard InChI is InChI=1S/C45H57N5O4S.C38H51N5O4S.C33H43N5O6S/c1-10-14-19-34(12-3)27-48(28-35(13-4)20-15-11-2)45-47-41(40-30(6)23-29(5)24-31(40)7)39(55-45)25-37-32(8)38(26-46)44(54)50(43(37)53)49(33(9)51)42(52)36-21-17-16-18-22-36;1-11-16-18-41(19-17-12-2)37-40-33(32-27(14-4)20-26(13-3)21-28(32)15-5)31(48-37)22-29-24(6)30(23-39)35(46)43(34(29)45)42(25(7)44)36(47)38(8,9)10;1-8-10-12-37(13-11-9-2)33-35-29(28-23(19-40)14-22(18-39)15-26(28)44-7)27(45-33)16-24-21(5)25(17-34)32(43)38(31(24)42)36(6)30(41)20(3)4/h16-18,21-25,34-35H,10-15,19-20,27-28H2,1-9H3;20-22H,11-19H2,1-10H3;14-16,20,39-40H,8-13,18-19H2,1-7H3/b37-25-;29-22-;24-16-. The highest BCUT2D eigenvalue weighted by molar-refractivity contribution is 7.17. The van der Waals surface area contributed by atoms with Gasteiger partial charge in [-0.25, -0.2) is 20.0 Å². The van der Waals surface area contributed by atoms with Gasteiger partial charge in [0.15, 0.2) is 15.4 Å². The second-order valence-corrected chi connectivity index (χ2v) is 42.2. The molecule has 7 aromatic rings. The second kappa shape index (κ2) is 55.8. The molecule has 6 heterocycles. The first kappa shape index (κ1) is 120. The Labute approximate surface area is 887 Å². The van der Waals surface area contributed by atoms with Gasteiger partial charge in [-0.05, 0) is 203 Å². The van der Waals surface area contributed by atoms with Crippen molar-refractivity contribution in [2.24, 2.45) is 23.2 Å². The van der Waals surface area contributed by atoms with Crippen LogP contribution in [0.3, 0.4) is 0 Å². The summed E-state index contributed by atoms with van der Waals surface area (Å²) in [5.41, 5.74) is 11.1. The molecule has 0 saturated heterocycles. The van der Waals surface area contributed by atoms with Crippen LogP contribution in [-0.4, -0.2) is 174 Å². The van der Waals surface area contributed by atoms with Crippen molar-refractivity contribution in [2.75, 3.05) is 68.1 Å². The molecule has 0 aliphatic carbocycles. The van der Waals surface area contributed by atoms with E-state index < -0.39 is 76.3 Å². The van der Waals surface area contributed by atoms with Crippen LogP contribution in [0, 0.1) is 77.9 Å². The van der Waals surface area contributed by atoms with Gasteiger partial charge in [-0.15, -0.1) is 0 Å². The van der Waals surface area contributed by atoms with Gasteiger partial charge in [0, 0.05) is 110 Å². The molecule has 3 aromatic heterocycles. The fourth-order valence-electron chi connectivity index (χ4n) is 18.2. The average molecular weight is 2080 g/mol. The summed E-state index contributed by atoms with van der Waals surface area (Å²) in [5, 5.41) is 56.7. The molecule has 11 amide bonds. The van der Waals surface area contributed by atoms with E-state index in [0.29, 0.717) is 90.5 Å². The van der Waals surface area contributed by atoms with E-state index in [1.807, 2.05) is 18.2 Å². The van der Waals surface area contributed by atoms with Gasteiger partial charge >= 0.3 is 0 Å². The number of benzene rings is 4. The van der Waals surface area contributed by atoms with Gasteiger partial charge in [0.1, 0.15) is 40.7 Å². The predicted molar refractivity (Wildman–Crippen MR) is 589 cm³/mol. The lowest BCUT2D eigenvalue weighted by molar-refractivity contribution is -0.180. The molecule has 2 N–H and O–H groups in total. The van der Waals surface area contributed by atoms with Crippen LogP contribution < -0.4 is 19.4 Å². The number of aryl methyl sites for hydroxylation is 6. The summed E-state index contributed by atoms with van der Waals surface area (Å²) in [6.07, 6.45) is 24.4. The highest BCUT2D eigenvalue weighted by Gasteiger charge is 2.48. The number of unbranched alkanes of at least 4 members (excludes halogenated alkanes) is 6. The van der Waals surface area contributed by atoms with Crippen LogP contribution >= 0.6 is 34.0 Å². The third kappa shape index (κ3) is 28.1.